The summed E-state index contributed by atoms with van der Waals surface area (Å²) >= 11 is 12.4. The van der Waals surface area contributed by atoms with E-state index in [0.29, 0.717) is 29.4 Å². The van der Waals surface area contributed by atoms with Crippen LogP contribution < -0.4 is 0 Å². The van der Waals surface area contributed by atoms with Crippen LogP contribution in [0.15, 0.2) is 53.8 Å². The van der Waals surface area contributed by atoms with Gasteiger partial charge in [0, 0.05) is 18.1 Å². The van der Waals surface area contributed by atoms with Gasteiger partial charge < -0.3 is 9.47 Å². The van der Waals surface area contributed by atoms with Crippen LogP contribution in [0.5, 0.6) is 0 Å². The van der Waals surface area contributed by atoms with Crippen LogP contribution >= 0.6 is 23.2 Å². The lowest BCUT2D eigenvalue weighted by Gasteiger charge is -2.26. The Kier molecular flexibility index (Phi) is 9.25. The maximum Gasteiger partial charge on any atom is 0.255 e. The molecule has 0 aliphatic heterocycles. The summed E-state index contributed by atoms with van der Waals surface area (Å²) in [5.41, 5.74) is 2.67. The van der Waals surface area contributed by atoms with E-state index in [9.17, 15) is 13.2 Å². The quantitative estimate of drug-likeness (QED) is 0.292. The molecule has 2 aromatic carbocycles. The standard InChI is InChI=1S/C27H33Cl2N3O3S/c1-18(2)14-31(26(33)24-11-10-22(28)12-25(24)29)16-23-13-30-27(32(23)15-19(3)4)36(34,35)17-21-9-7-6-8-20(21)5/h6-13,18-19H,14-17H2,1-5H3. The van der Waals surface area contributed by atoms with Crippen LogP contribution in [0.25, 0.3) is 0 Å². The third-order valence-electron chi connectivity index (χ3n) is 5.72. The van der Waals surface area contributed by atoms with Crippen LogP contribution in [-0.4, -0.2) is 35.3 Å². The molecule has 9 heteroatoms. The molecule has 0 aliphatic carbocycles. The summed E-state index contributed by atoms with van der Waals surface area (Å²) in [4.78, 5) is 19.5. The molecule has 0 fully saturated rings. The number of carbonyl (C=O) groups is 1. The highest BCUT2D eigenvalue weighted by atomic mass is 35.5. The number of carbonyl (C=O) groups excluding carboxylic acids is 1. The van der Waals surface area contributed by atoms with E-state index in [2.05, 4.69) is 4.98 Å². The lowest BCUT2D eigenvalue weighted by atomic mass is 10.1. The second-order valence-electron chi connectivity index (χ2n) is 9.93. The summed E-state index contributed by atoms with van der Waals surface area (Å²) < 4.78 is 28.7. The van der Waals surface area contributed by atoms with E-state index in [-0.39, 0.29) is 40.2 Å². The van der Waals surface area contributed by atoms with Crippen LogP contribution in [0.4, 0.5) is 0 Å². The van der Waals surface area contributed by atoms with Crippen molar-refractivity contribution < 1.29 is 13.2 Å². The van der Waals surface area contributed by atoms with Crippen molar-refractivity contribution in [3.05, 3.63) is 81.1 Å². The van der Waals surface area contributed by atoms with Gasteiger partial charge in [0.15, 0.2) is 0 Å². The van der Waals surface area contributed by atoms with Crippen molar-refractivity contribution in [2.75, 3.05) is 6.54 Å². The minimum atomic E-state index is -3.72. The number of imidazole rings is 1. The predicted molar refractivity (Wildman–Crippen MR) is 145 cm³/mol. The van der Waals surface area contributed by atoms with E-state index in [1.54, 1.807) is 33.9 Å². The van der Waals surface area contributed by atoms with E-state index in [4.69, 9.17) is 23.2 Å². The first-order chi connectivity index (χ1) is 16.9. The molecule has 1 heterocycles. The van der Waals surface area contributed by atoms with Gasteiger partial charge in [0.25, 0.3) is 5.91 Å². The highest BCUT2D eigenvalue weighted by molar-refractivity contribution is 7.90. The lowest BCUT2D eigenvalue weighted by molar-refractivity contribution is 0.0718. The third-order valence-corrected chi connectivity index (χ3v) is 7.84. The van der Waals surface area contributed by atoms with E-state index >= 15 is 0 Å². The van der Waals surface area contributed by atoms with Gasteiger partial charge in [0.05, 0.1) is 34.8 Å². The highest BCUT2D eigenvalue weighted by Gasteiger charge is 2.27. The molecule has 6 nitrogen and oxygen atoms in total. The fraction of sp³-hybridized carbons (Fsp3) is 0.407. The van der Waals surface area contributed by atoms with E-state index < -0.39 is 9.84 Å². The first kappa shape index (κ1) is 28.2. The van der Waals surface area contributed by atoms with Gasteiger partial charge in [-0.05, 0) is 48.1 Å². The fourth-order valence-electron chi connectivity index (χ4n) is 4.06. The Bertz CT molecular complexity index is 1330. The first-order valence-corrected chi connectivity index (χ1v) is 14.4. The molecular formula is C27H33Cl2N3O3S. The average Bonchev–Trinajstić information content (AvgIpc) is 3.16. The number of amides is 1. The number of rotatable bonds is 10. The molecular weight excluding hydrogens is 517 g/mol. The van der Waals surface area contributed by atoms with Crippen LogP contribution in [-0.2, 0) is 28.7 Å². The summed E-state index contributed by atoms with van der Waals surface area (Å²) in [7, 11) is -3.72. The summed E-state index contributed by atoms with van der Waals surface area (Å²) in [6.45, 7) is 11.1. The van der Waals surface area contributed by atoms with E-state index in [0.717, 1.165) is 11.1 Å². The van der Waals surface area contributed by atoms with Crippen molar-refractivity contribution in [1.82, 2.24) is 14.5 Å². The van der Waals surface area contributed by atoms with E-state index in [1.165, 1.54) is 0 Å². The molecule has 36 heavy (non-hydrogen) atoms. The zero-order valence-corrected chi connectivity index (χ0v) is 23.7. The molecule has 0 N–H and O–H groups in total. The Labute approximate surface area is 224 Å². The fourth-order valence-corrected chi connectivity index (χ4v) is 6.15. The molecule has 0 bridgehead atoms. The highest BCUT2D eigenvalue weighted by Crippen LogP contribution is 2.25. The number of sulfone groups is 1. The van der Waals surface area contributed by atoms with Gasteiger partial charge in [-0.25, -0.2) is 13.4 Å². The summed E-state index contributed by atoms with van der Waals surface area (Å²) in [5.74, 6) is -0.0217. The van der Waals surface area contributed by atoms with Crippen molar-refractivity contribution in [3.63, 3.8) is 0 Å². The monoisotopic (exact) mass is 549 g/mol. The summed E-state index contributed by atoms with van der Waals surface area (Å²) in [5, 5.41) is 0.750. The van der Waals surface area contributed by atoms with E-state index in [1.807, 2.05) is 58.9 Å². The Hall–Kier alpha value is -2.35. The van der Waals surface area contributed by atoms with Gasteiger partial charge in [0.2, 0.25) is 15.0 Å². The second-order valence-corrected chi connectivity index (χ2v) is 12.7. The van der Waals surface area contributed by atoms with Gasteiger partial charge >= 0.3 is 0 Å². The molecule has 194 valence electrons. The molecule has 0 saturated heterocycles. The van der Waals surface area contributed by atoms with Gasteiger partial charge in [0.1, 0.15) is 0 Å². The molecule has 3 rings (SSSR count). The molecule has 1 amide bonds. The molecule has 1 aromatic heterocycles. The maximum absolute atomic E-state index is 13.5. The number of halogens is 2. The smallest absolute Gasteiger partial charge is 0.255 e. The Morgan fingerprint density at radius 1 is 1.06 bits per heavy atom. The molecule has 0 unspecified atom stereocenters. The Balaban J connectivity index is 2.00. The van der Waals surface area contributed by atoms with Gasteiger partial charge in [-0.1, -0.05) is 75.2 Å². The molecule has 0 saturated carbocycles. The lowest BCUT2D eigenvalue weighted by Crippen LogP contribution is -2.35. The van der Waals surface area contributed by atoms with Crippen molar-refractivity contribution in [3.8, 4) is 0 Å². The average molecular weight is 551 g/mol. The SMILES string of the molecule is Cc1ccccc1CS(=O)(=O)c1ncc(CN(CC(C)C)C(=O)c2ccc(Cl)cc2Cl)n1CC(C)C. The Morgan fingerprint density at radius 2 is 1.75 bits per heavy atom. The van der Waals surface area contributed by atoms with Crippen molar-refractivity contribution in [2.24, 2.45) is 11.8 Å². The largest absolute Gasteiger partial charge is 0.332 e. The predicted octanol–water partition coefficient (Wildman–Crippen LogP) is 6.43. The minimum Gasteiger partial charge on any atom is -0.332 e. The second kappa shape index (κ2) is 11.8. The van der Waals surface area contributed by atoms with Crippen LogP contribution in [0.1, 0.15) is 54.9 Å². The number of hydrogen-bond acceptors (Lipinski definition) is 4. The zero-order valence-electron chi connectivity index (χ0n) is 21.3. The van der Waals surface area contributed by atoms with Crippen LogP contribution in [0.2, 0.25) is 10.0 Å². The van der Waals surface area contributed by atoms with Gasteiger partial charge in [-0.15, -0.1) is 0 Å². The molecule has 3 aromatic rings. The third kappa shape index (κ3) is 6.90. The molecule has 0 spiro atoms. The number of nitrogens with zero attached hydrogens (tertiary/aromatic N) is 3. The maximum atomic E-state index is 13.5. The topological polar surface area (TPSA) is 72.3 Å². The molecule has 0 radical (unpaired) electrons. The zero-order chi connectivity index (χ0) is 26.6. The molecule has 0 atom stereocenters. The first-order valence-electron chi connectivity index (χ1n) is 11.9. The summed E-state index contributed by atoms with van der Waals surface area (Å²) in [6.07, 6.45) is 1.57. The number of aromatic nitrogens is 2. The van der Waals surface area contributed by atoms with Gasteiger partial charge in [-0.2, -0.15) is 0 Å². The number of aryl methyl sites for hydroxylation is 1. The van der Waals surface area contributed by atoms with Crippen molar-refractivity contribution >= 4 is 38.9 Å². The van der Waals surface area contributed by atoms with Crippen LogP contribution in [0.3, 0.4) is 0 Å². The Morgan fingerprint density at radius 3 is 2.36 bits per heavy atom. The van der Waals surface area contributed by atoms with Crippen molar-refractivity contribution in [1.29, 1.82) is 0 Å². The normalized spacial score (nSPS) is 11.9. The molecule has 0 aliphatic rings. The van der Waals surface area contributed by atoms with Crippen molar-refractivity contribution in [2.45, 2.75) is 58.6 Å². The van der Waals surface area contributed by atoms with Gasteiger partial charge in [-0.3, -0.25) is 4.79 Å². The summed E-state index contributed by atoms with van der Waals surface area (Å²) in [6, 6.07) is 12.2. The van der Waals surface area contributed by atoms with Crippen LogP contribution in [0, 0.1) is 18.8 Å². The minimum absolute atomic E-state index is 0.0240. The number of benzene rings is 2. The number of hydrogen-bond donors (Lipinski definition) is 0.